The van der Waals surface area contributed by atoms with E-state index in [0.29, 0.717) is 0 Å². The van der Waals surface area contributed by atoms with Crippen molar-refractivity contribution < 1.29 is 0 Å². The van der Waals surface area contributed by atoms with Gasteiger partial charge in [0, 0.05) is 22.0 Å². The average molecular weight is 344 g/mol. The molecule has 0 unspecified atom stereocenters. The first kappa shape index (κ1) is 12.0. The Hall–Kier alpha value is -0.460. The van der Waals surface area contributed by atoms with E-state index in [1.807, 2.05) is 6.92 Å². The highest BCUT2D eigenvalue weighted by atomic mass is 127. The summed E-state index contributed by atoms with van der Waals surface area (Å²) in [6.07, 6.45) is 0. The zero-order chi connectivity index (χ0) is 11.4. The van der Waals surface area contributed by atoms with Gasteiger partial charge in [0.05, 0.1) is 10.7 Å². The lowest BCUT2D eigenvalue weighted by atomic mass is 10.2. The molecule has 1 heterocycles. The monoisotopic (exact) mass is 344 g/mol. The summed E-state index contributed by atoms with van der Waals surface area (Å²) in [6, 6.07) is 8.57. The number of nitrogens with one attached hydrogen (secondary N) is 1. The molecule has 16 heavy (non-hydrogen) atoms. The van der Waals surface area contributed by atoms with Crippen molar-refractivity contribution in [3.63, 3.8) is 0 Å². The Kier molecular flexibility index (Phi) is 4.31. The number of thiazole rings is 1. The van der Waals surface area contributed by atoms with Crippen LogP contribution in [-0.2, 0) is 13.1 Å². The minimum atomic E-state index is 0.844. The first-order chi connectivity index (χ1) is 7.74. The Morgan fingerprint density at radius 1 is 1.25 bits per heavy atom. The molecule has 0 aliphatic rings. The first-order valence-corrected chi connectivity index (χ1v) is 7.06. The predicted octanol–water partition coefficient (Wildman–Crippen LogP) is 3.35. The molecule has 0 amide bonds. The van der Waals surface area contributed by atoms with Gasteiger partial charge < -0.3 is 5.32 Å². The van der Waals surface area contributed by atoms with Crippen LogP contribution in [0.1, 0.15) is 16.3 Å². The maximum atomic E-state index is 4.41. The molecule has 1 aromatic carbocycles. The summed E-state index contributed by atoms with van der Waals surface area (Å²) < 4.78 is 1.27. The fourth-order valence-corrected chi connectivity index (χ4v) is 2.40. The third kappa shape index (κ3) is 3.54. The molecule has 0 aliphatic carbocycles. The largest absolute Gasteiger partial charge is 0.307 e. The van der Waals surface area contributed by atoms with Crippen LogP contribution in [0, 0.1) is 10.5 Å². The molecule has 0 spiro atoms. The second kappa shape index (κ2) is 5.75. The van der Waals surface area contributed by atoms with Gasteiger partial charge in [-0.1, -0.05) is 12.1 Å². The molecule has 0 radical (unpaired) electrons. The van der Waals surface area contributed by atoms with Crippen molar-refractivity contribution >= 4 is 33.9 Å². The number of halogens is 1. The molecule has 0 aliphatic heterocycles. The highest BCUT2D eigenvalue weighted by molar-refractivity contribution is 14.1. The zero-order valence-corrected chi connectivity index (χ0v) is 12.0. The van der Waals surface area contributed by atoms with Crippen LogP contribution in [0.25, 0.3) is 0 Å². The normalized spacial score (nSPS) is 10.6. The van der Waals surface area contributed by atoms with E-state index < -0.39 is 0 Å². The van der Waals surface area contributed by atoms with Crippen LogP contribution in [0.5, 0.6) is 0 Å². The standard InChI is InChI=1S/C12H13IN2S/c1-9-15-12(8-16-9)7-14-6-10-2-4-11(13)5-3-10/h2-5,8,14H,6-7H2,1H3. The highest BCUT2D eigenvalue weighted by Crippen LogP contribution is 2.09. The second-order valence-electron chi connectivity index (χ2n) is 3.59. The Bertz CT molecular complexity index is 450. The quantitative estimate of drug-likeness (QED) is 0.861. The summed E-state index contributed by atoms with van der Waals surface area (Å²) in [5, 5.41) is 6.63. The van der Waals surface area contributed by atoms with Gasteiger partial charge >= 0.3 is 0 Å². The lowest BCUT2D eigenvalue weighted by molar-refractivity contribution is 0.681. The summed E-state index contributed by atoms with van der Waals surface area (Å²) in [5.74, 6) is 0. The summed E-state index contributed by atoms with van der Waals surface area (Å²) in [4.78, 5) is 4.41. The molecule has 0 fully saturated rings. The van der Waals surface area contributed by atoms with Crippen molar-refractivity contribution in [3.8, 4) is 0 Å². The van der Waals surface area contributed by atoms with E-state index in [-0.39, 0.29) is 0 Å². The van der Waals surface area contributed by atoms with Gasteiger partial charge in [-0.3, -0.25) is 0 Å². The zero-order valence-electron chi connectivity index (χ0n) is 9.03. The highest BCUT2D eigenvalue weighted by Gasteiger charge is 1.98. The number of rotatable bonds is 4. The number of nitrogens with zero attached hydrogens (tertiary/aromatic N) is 1. The summed E-state index contributed by atoms with van der Waals surface area (Å²) in [6.45, 7) is 3.77. The van der Waals surface area contributed by atoms with E-state index in [1.165, 1.54) is 9.13 Å². The maximum Gasteiger partial charge on any atom is 0.0897 e. The van der Waals surface area contributed by atoms with Gasteiger partial charge in [0.1, 0.15) is 0 Å². The van der Waals surface area contributed by atoms with Crippen molar-refractivity contribution in [2.75, 3.05) is 0 Å². The van der Waals surface area contributed by atoms with Crippen LogP contribution >= 0.6 is 33.9 Å². The van der Waals surface area contributed by atoms with Gasteiger partial charge in [0.15, 0.2) is 0 Å². The van der Waals surface area contributed by atoms with E-state index in [4.69, 9.17) is 0 Å². The molecule has 0 atom stereocenters. The van der Waals surface area contributed by atoms with Gasteiger partial charge in [0.2, 0.25) is 0 Å². The second-order valence-corrected chi connectivity index (χ2v) is 5.90. The topological polar surface area (TPSA) is 24.9 Å². The molecule has 0 saturated heterocycles. The fourth-order valence-electron chi connectivity index (χ4n) is 1.43. The van der Waals surface area contributed by atoms with Crippen molar-refractivity contribution in [3.05, 3.63) is 49.5 Å². The number of benzene rings is 1. The van der Waals surface area contributed by atoms with E-state index in [1.54, 1.807) is 11.3 Å². The van der Waals surface area contributed by atoms with Crippen LogP contribution in [0.4, 0.5) is 0 Å². The van der Waals surface area contributed by atoms with Crippen LogP contribution < -0.4 is 5.32 Å². The van der Waals surface area contributed by atoms with Crippen LogP contribution in [0.15, 0.2) is 29.6 Å². The minimum absolute atomic E-state index is 0.844. The van der Waals surface area contributed by atoms with Gasteiger partial charge in [-0.2, -0.15) is 0 Å². The number of hydrogen-bond acceptors (Lipinski definition) is 3. The van der Waals surface area contributed by atoms with Gasteiger partial charge in [-0.15, -0.1) is 11.3 Å². The Morgan fingerprint density at radius 3 is 2.62 bits per heavy atom. The molecule has 0 saturated carbocycles. The SMILES string of the molecule is Cc1nc(CNCc2ccc(I)cc2)cs1. The Balaban J connectivity index is 1.82. The van der Waals surface area contributed by atoms with Crippen LogP contribution in [0.2, 0.25) is 0 Å². The average Bonchev–Trinajstić information content (AvgIpc) is 2.67. The summed E-state index contributed by atoms with van der Waals surface area (Å²) in [5.41, 5.74) is 2.44. The van der Waals surface area contributed by atoms with Crippen LogP contribution in [0.3, 0.4) is 0 Å². The molecule has 1 N–H and O–H groups in total. The smallest absolute Gasteiger partial charge is 0.0897 e. The molecule has 84 valence electrons. The third-order valence-corrected chi connectivity index (χ3v) is 3.76. The molecule has 0 bridgehead atoms. The van der Waals surface area contributed by atoms with Gasteiger partial charge in [-0.05, 0) is 47.2 Å². The van der Waals surface area contributed by atoms with Gasteiger partial charge in [0.25, 0.3) is 0 Å². The molecule has 2 rings (SSSR count). The third-order valence-electron chi connectivity index (χ3n) is 2.22. The number of aromatic nitrogens is 1. The van der Waals surface area contributed by atoms with Crippen molar-refractivity contribution in [2.24, 2.45) is 0 Å². The molecule has 2 aromatic rings. The summed E-state index contributed by atoms with van der Waals surface area (Å²) >= 11 is 4.02. The molecule has 4 heteroatoms. The van der Waals surface area contributed by atoms with E-state index in [2.05, 4.69) is 62.5 Å². The molecule has 2 nitrogen and oxygen atoms in total. The minimum Gasteiger partial charge on any atom is -0.307 e. The summed E-state index contributed by atoms with van der Waals surface area (Å²) in [7, 11) is 0. The Labute approximate surface area is 113 Å². The molecular weight excluding hydrogens is 331 g/mol. The lowest BCUT2D eigenvalue weighted by Crippen LogP contribution is -2.12. The van der Waals surface area contributed by atoms with Gasteiger partial charge in [-0.25, -0.2) is 4.98 Å². The molecule has 1 aromatic heterocycles. The number of hydrogen-bond donors (Lipinski definition) is 1. The first-order valence-electron chi connectivity index (χ1n) is 5.10. The van der Waals surface area contributed by atoms with E-state index >= 15 is 0 Å². The fraction of sp³-hybridized carbons (Fsp3) is 0.250. The Morgan fingerprint density at radius 2 is 2.00 bits per heavy atom. The lowest BCUT2D eigenvalue weighted by Gasteiger charge is -2.03. The van der Waals surface area contributed by atoms with Crippen molar-refractivity contribution in [1.29, 1.82) is 0 Å². The van der Waals surface area contributed by atoms with E-state index in [0.717, 1.165) is 23.8 Å². The van der Waals surface area contributed by atoms with Crippen molar-refractivity contribution in [2.45, 2.75) is 20.0 Å². The predicted molar refractivity (Wildman–Crippen MR) is 76.6 cm³/mol. The van der Waals surface area contributed by atoms with Crippen LogP contribution in [-0.4, -0.2) is 4.98 Å². The van der Waals surface area contributed by atoms with Crippen molar-refractivity contribution in [1.82, 2.24) is 10.3 Å². The number of aryl methyl sites for hydroxylation is 1. The van der Waals surface area contributed by atoms with E-state index in [9.17, 15) is 0 Å². The maximum absolute atomic E-state index is 4.41. The molecular formula is C12H13IN2S.